The number of carbonyl (C=O) groups excluding carboxylic acids is 3. The number of benzene rings is 2. The lowest BCUT2D eigenvalue weighted by molar-refractivity contribution is -0.144. The van der Waals surface area contributed by atoms with Crippen LogP contribution in [-0.4, -0.2) is 24.4 Å². The van der Waals surface area contributed by atoms with Gasteiger partial charge in [-0.15, -0.1) is 0 Å². The molecule has 0 aliphatic rings. The highest BCUT2D eigenvalue weighted by atomic mass is 16.5. The molecule has 136 valence electrons. The number of rotatable bonds is 6. The lowest BCUT2D eigenvalue weighted by Crippen LogP contribution is -2.29. The highest BCUT2D eigenvalue weighted by Gasteiger charge is 2.15. The summed E-state index contributed by atoms with van der Waals surface area (Å²) in [6.45, 7) is 0.696. The molecule has 7 heteroatoms. The summed E-state index contributed by atoms with van der Waals surface area (Å²) < 4.78 is 4.97. The third-order valence-corrected chi connectivity index (χ3v) is 3.30. The monoisotopic (exact) mass is 363 g/mol. The van der Waals surface area contributed by atoms with Gasteiger partial charge in [-0.1, -0.05) is 42.5 Å². The summed E-state index contributed by atoms with van der Waals surface area (Å²) in [6.07, 6.45) is 1.45. The Kier molecular flexibility index (Phi) is 6.85. The third kappa shape index (κ3) is 6.14. The minimum atomic E-state index is -0.849. The second-order valence-corrected chi connectivity index (χ2v) is 5.43. The number of anilines is 1. The van der Waals surface area contributed by atoms with E-state index in [4.69, 9.17) is 10.00 Å². The van der Waals surface area contributed by atoms with Crippen LogP contribution in [0.5, 0.6) is 0 Å². The number of ether oxygens (including phenoxy) is 1. The Hall–Kier alpha value is -3.92. The molecule has 0 aliphatic heterocycles. The van der Waals surface area contributed by atoms with Crippen molar-refractivity contribution in [2.24, 2.45) is 0 Å². The molecule has 0 aliphatic carbocycles. The zero-order valence-corrected chi connectivity index (χ0v) is 14.6. The highest BCUT2D eigenvalue weighted by molar-refractivity contribution is 5.99. The van der Waals surface area contributed by atoms with Gasteiger partial charge >= 0.3 is 5.97 Å². The Morgan fingerprint density at radius 3 is 2.41 bits per heavy atom. The summed E-state index contributed by atoms with van der Waals surface area (Å²) in [4.78, 5) is 35.5. The number of hydrogen-bond donors (Lipinski definition) is 2. The van der Waals surface area contributed by atoms with Crippen LogP contribution in [0.15, 0.2) is 60.3 Å². The molecule has 0 radical (unpaired) electrons. The van der Waals surface area contributed by atoms with Crippen LogP contribution >= 0.6 is 0 Å². The summed E-state index contributed by atoms with van der Waals surface area (Å²) in [5.41, 5.74) is 1.22. The Balaban J connectivity index is 2.02. The predicted molar refractivity (Wildman–Crippen MR) is 99.0 cm³/mol. The largest absolute Gasteiger partial charge is 0.451 e. The molecule has 0 fully saturated rings. The zero-order valence-electron chi connectivity index (χ0n) is 14.6. The van der Waals surface area contributed by atoms with E-state index in [-0.39, 0.29) is 5.70 Å². The molecule has 0 heterocycles. The van der Waals surface area contributed by atoms with Crippen molar-refractivity contribution in [2.75, 3.05) is 11.9 Å². The number of para-hydroxylation sites is 1. The molecule has 2 rings (SSSR count). The van der Waals surface area contributed by atoms with Crippen LogP contribution < -0.4 is 10.6 Å². The highest BCUT2D eigenvalue weighted by Crippen LogP contribution is 2.13. The Labute approximate surface area is 156 Å². The molecule has 0 spiro atoms. The molecule has 2 aromatic carbocycles. The molecule has 27 heavy (non-hydrogen) atoms. The van der Waals surface area contributed by atoms with Crippen molar-refractivity contribution in [1.29, 1.82) is 5.26 Å². The normalized spacial score (nSPS) is 10.4. The molecule has 2 N–H and O–H groups in total. The van der Waals surface area contributed by atoms with Crippen molar-refractivity contribution < 1.29 is 19.1 Å². The van der Waals surface area contributed by atoms with Crippen LogP contribution in [-0.2, 0) is 19.1 Å². The number of nitriles is 1. The van der Waals surface area contributed by atoms with Crippen LogP contribution in [0.25, 0.3) is 6.08 Å². The summed E-state index contributed by atoms with van der Waals surface area (Å²) in [6, 6.07) is 17.3. The molecule has 0 saturated heterocycles. The van der Waals surface area contributed by atoms with Crippen molar-refractivity contribution in [1.82, 2.24) is 5.32 Å². The molecule has 2 aromatic rings. The van der Waals surface area contributed by atoms with Crippen LogP contribution in [0.3, 0.4) is 0 Å². The SMILES string of the molecule is CC(=O)N/C(=C/c1ccccc1)C(=O)OCC(=O)Nc1ccccc1C#N. The van der Waals surface area contributed by atoms with Crippen molar-refractivity contribution in [3.8, 4) is 6.07 Å². The second kappa shape index (κ2) is 9.53. The summed E-state index contributed by atoms with van der Waals surface area (Å²) in [5.74, 6) is -1.90. The number of hydrogen-bond acceptors (Lipinski definition) is 5. The van der Waals surface area contributed by atoms with Gasteiger partial charge in [-0.3, -0.25) is 9.59 Å². The molecular weight excluding hydrogens is 346 g/mol. The molecule has 0 aromatic heterocycles. The Bertz CT molecular complexity index is 914. The maximum atomic E-state index is 12.2. The fourth-order valence-corrected chi connectivity index (χ4v) is 2.14. The maximum Gasteiger partial charge on any atom is 0.355 e. The zero-order chi connectivity index (χ0) is 19.6. The smallest absolute Gasteiger partial charge is 0.355 e. The Morgan fingerprint density at radius 2 is 1.74 bits per heavy atom. The summed E-state index contributed by atoms with van der Waals surface area (Å²) >= 11 is 0. The first-order valence-corrected chi connectivity index (χ1v) is 8.00. The number of carbonyl (C=O) groups is 3. The summed E-state index contributed by atoms with van der Waals surface area (Å²) in [7, 11) is 0. The average molecular weight is 363 g/mol. The fourth-order valence-electron chi connectivity index (χ4n) is 2.14. The van der Waals surface area contributed by atoms with Crippen LogP contribution in [0, 0.1) is 11.3 Å². The van der Waals surface area contributed by atoms with Gasteiger partial charge in [0.25, 0.3) is 5.91 Å². The van der Waals surface area contributed by atoms with Gasteiger partial charge in [0.2, 0.25) is 5.91 Å². The maximum absolute atomic E-state index is 12.2. The van der Waals surface area contributed by atoms with Crippen molar-refractivity contribution in [3.05, 3.63) is 71.4 Å². The second-order valence-electron chi connectivity index (χ2n) is 5.43. The van der Waals surface area contributed by atoms with E-state index < -0.39 is 24.4 Å². The lowest BCUT2D eigenvalue weighted by Gasteiger charge is -2.10. The van der Waals surface area contributed by atoms with E-state index in [1.807, 2.05) is 12.1 Å². The van der Waals surface area contributed by atoms with Crippen molar-refractivity contribution in [2.45, 2.75) is 6.92 Å². The van der Waals surface area contributed by atoms with E-state index in [1.165, 1.54) is 13.0 Å². The van der Waals surface area contributed by atoms with E-state index in [2.05, 4.69) is 10.6 Å². The van der Waals surface area contributed by atoms with Crippen LogP contribution in [0.4, 0.5) is 5.69 Å². The van der Waals surface area contributed by atoms with E-state index in [9.17, 15) is 14.4 Å². The van der Waals surface area contributed by atoms with Gasteiger partial charge in [-0.25, -0.2) is 4.79 Å². The quantitative estimate of drug-likeness (QED) is 0.604. The van der Waals surface area contributed by atoms with Crippen LogP contribution in [0.1, 0.15) is 18.1 Å². The molecule has 7 nitrogen and oxygen atoms in total. The van der Waals surface area contributed by atoms with Gasteiger partial charge < -0.3 is 15.4 Å². The fraction of sp³-hybridized carbons (Fsp3) is 0.100. The number of amides is 2. The van der Waals surface area contributed by atoms with Crippen molar-refractivity contribution in [3.63, 3.8) is 0 Å². The molecule has 0 unspecified atom stereocenters. The van der Waals surface area contributed by atoms with E-state index in [0.717, 1.165) is 0 Å². The average Bonchev–Trinajstić information content (AvgIpc) is 2.66. The molecule has 2 amide bonds. The van der Waals surface area contributed by atoms with Gasteiger partial charge in [0.15, 0.2) is 6.61 Å². The molecule has 0 atom stereocenters. The first-order valence-electron chi connectivity index (χ1n) is 8.00. The van der Waals surface area contributed by atoms with Gasteiger partial charge in [0.05, 0.1) is 11.3 Å². The van der Waals surface area contributed by atoms with Gasteiger partial charge in [-0.05, 0) is 23.8 Å². The number of esters is 1. The predicted octanol–water partition coefficient (Wildman–Crippen LogP) is 2.22. The minimum Gasteiger partial charge on any atom is -0.451 e. The standard InChI is InChI=1S/C20H17N3O4/c1-14(24)22-18(11-15-7-3-2-4-8-15)20(26)27-13-19(25)23-17-10-6-5-9-16(17)12-21/h2-11H,13H2,1H3,(H,22,24)(H,23,25)/b18-11+. The van der Waals surface area contributed by atoms with E-state index in [0.29, 0.717) is 16.8 Å². The summed E-state index contributed by atoms with van der Waals surface area (Å²) in [5, 5.41) is 13.9. The molecule has 0 saturated carbocycles. The Morgan fingerprint density at radius 1 is 1.07 bits per heavy atom. The number of nitrogens with zero attached hydrogens (tertiary/aromatic N) is 1. The third-order valence-electron chi connectivity index (χ3n) is 3.30. The van der Waals surface area contributed by atoms with E-state index in [1.54, 1.807) is 48.5 Å². The first kappa shape index (κ1) is 19.4. The van der Waals surface area contributed by atoms with Gasteiger partial charge in [0.1, 0.15) is 11.8 Å². The molecule has 0 bridgehead atoms. The topological polar surface area (TPSA) is 108 Å². The van der Waals surface area contributed by atoms with E-state index >= 15 is 0 Å². The van der Waals surface area contributed by atoms with Crippen LogP contribution in [0.2, 0.25) is 0 Å². The molecular formula is C20H17N3O4. The first-order chi connectivity index (χ1) is 13.0. The van der Waals surface area contributed by atoms with Crippen molar-refractivity contribution >= 4 is 29.5 Å². The van der Waals surface area contributed by atoms with Gasteiger partial charge in [0, 0.05) is 6.92 Å². The van der Waals surface area contributed by atoms with Gasteiger partial charge in [-0.2, -0.15) is 5.26 Å². The lowest BCUT2D eigenvalue weighted by atomic mass is 10.2. The minimum absolute atomic E-state index is 0.0843. The number of nitrogens with one attached hydrogen (secondary N) is 2.